The molecule has 142 valence electrons. The van der Waals surface area contributed by atoms with Crippen LogP contribution >= 0.6 is 0 Å². The number of nitrogens with zero attached hydrogens (tertiary/aromatic N) is 2. The van der Waals surface area contributed by atoms with Gasteiger partial charge >= 0.3 is 11.8 Å². The van der Waals surface area contributed by atoms with Crippen molar-refractivity contribution in [2.75, 3.05) is 20.1 Å². The highest BCUT2D eigenvalue weighted by Gasteiger charge is 2.25. The van der Waals surface area contributed by atoms with Gasteiger partial charge in [0.1, 0.15) is 0 Å². The third kappa shape index (κ3) is 5.66. The molecule has 1 fully saturated rings. The summed E-state index contributed by atoms with van der Waals surface area (Å²) in [5, 5.41) is 2.91. The summed E-state index contributed by atoms with van der Waals surface area (Å²) in [6.45, 7) is 3.21. The minimum absolute atomic E-state index is 0.0681. The van der Waals surface area contributed by atoms with E-state index in [4.69, 9.17) is 0 Å². The largest absolute Gasteiger partial charge is 0.345 e. The maximum atomic E-state index is 12.3. The van der Waals surface area contributed by atoms with Crippen LogP contribution in [0.25, 0.3) is 0 Å². The van der Waals surface area contributed by atoms with Crippen LogP contribution in [-0.4, -0.2) is 47.8 Å². The van der Waals surface area contributed by atoms with Gasteiger partial charge < -0.3 is 10.2 Å². The summed E-state index contributed by atoms with van der Waals surface area (Å²) in [6.07, 6.45) is 1.74. The molecule has 0 unspecified atom stereocenters. The highest BCUT2D eigenvalue weighted by Crippen LogP contribution is 2.14. The average molecular weight is 365 g/mol. The van der Waals surface area contributed by atoms with E-state index in [1.54, 1.807) is 7.05 Å². The van der Waals surface area contributed by atoms with Gasteiger partial charge in [-0.25, -0.2) is 0 Å². The van der Waals surface area contributed by atoms with Crippen LogP contribution in [0.5, 0.6) is 0 Å². The van der Waals surface area contributed by atoms with Crippen molar-refractivity contribution in [3.8, 4) is 0 Å². The van der Waals surface area contributed by atoms with Crippen molar-refractivity contribution in [3.63, 3.8) is 0 Å². The Morgan fingerprint density at radius 2 is 1.52 bits per heavy atom. The van der Waals surface area contributed by atoms with Crippen molar-refractivity contribution in [3.05, 3.63) is 71.8 Å². The van der Waals surface area contributed by atoms with E-state index in [9.17, 15) is 9.59 Å². The molecular weight excluding hydrogens is 338 g/mol. The predicted molar refractivity (Wildman–Crippen MR) is 106 cm³/mol. The lowest BCUT2D eigenvalue weighted by atomic mass is 10.0. The fourth-order valence-corrected chi connectivity index (χ4v) is 3.43. The normalized spacial score (nSPS) is 15.3. The van der Waals surface area contributed by atoms with E-state index in [-0.39, 0.29) is 6.04 Å². The first-order valence-electron chi connectivity index (χ1n) is 9.48. The second-order valence-electron chi connectivity index (χ2n) is 7.16. The van der Waals surface area contributed by atoms with Crippen LogP contribution in [0.2, 0.25) is 0 Å². The number of rotatable bonds is 5. The molecule has 1 aliphatic rings. The molecule has 1 aliphatic heterocycles. The van der Waals surface area contributed by atoms with Gasteiger partial charge in [-0.3, -0.25) is 14.5 Å². The van der Waals surface area contributed by atoms with E-state index >= 15 is 0 Å². The van der Waals surface area contributed by atoms with E-state index in [0.29, 0.717) is 6.54 Å². The van der Waals surface area contributed by atoms with E-state index in [1.165, 1.54) is 10.5 Å². The number of carbonyl (C=O) groups excluding carboxylic acids is 2. The van der Waals surface area contributed by atoms with Crippen molar-refractivity contribution < 1.29 is 9.59 Å². The Morgan fingerprint density at radius 3 is 2.11 bits per heavy atom. The molecule has 0 bridgehead atoms. The number of amides is 2. The van der Waals surface area contributed by atoms with Crippen LogP contribution < -0.4 is 5.32 Å². The standard InChI is InChI=1S/C22H27N3O2/c1-24(16-18-8-4-2-5-9-18)22(27)21(26)23-20-12-14-25(15-13-20)17-19-10-6-3-7-11-19/h2-11,20H,12-17H2,1H3,(H,23,26). The predicted octanol–water partition coefficient (Wildman–Crippen LogP) is 2.43. The number of likely N-dealkylation sites (tertiary alicyclic amines) is 1. The number of piperidine rings is 1. The molecule has 0 aromatic heterocycles. The first-order valence-corrected chi connectivity index (χ1v) is 9.48. The number of hydrogen-bond acceptors (Lipinski definition) is 3. The molecule has 5 heteroatoms. The molecule has 1 N–H and O–H groups in total. The van der Waals surface area contributed by atoms with Crippen molar-refractivity contribution in [2.45, 2.75) is 32.0 Å². The molecule has 0 atom stereocenters. The second-order valence-corrected chi connectivity index (χ2v) is 7.16. The summed E-state index contributed by atoms with van der Waals surface area (Å²) in [7, 11) is 1.66. The minimum atomic E-state index is -0.505. The van der Waals surface area contributed by atoms with Crippen molar-refractivity contribution >= 4 is 11.8 Å². The number of likely N-dealkylation sites (N-methyl/N-ethyl adjacent to an activating group) is 1. The lowest BCUT2D eigenvalue weighted by molar-refractivity contribution is -0.145. The molecule has 0 spiro atoms. The van der Waals surface area contributed by atoms with E-state index in [2.05, 4.69) is 34.5 Å². The Labute approximate surface area is 161 Å². The van der Waals surface area contributed by atoms with Gasteiger partial charge in [-0.2, -0.15) is 0 Å². The molecule has 2 amide bonds. The summed E-state index contributed by atoms with van der Waals surface area (Å²) in [6, 6.07) is 20.2. The minimum Gasteiger partial charge on any atom is -0.345 e. The lowest BCUT2D eigenvalue weighted by Gasteiger charge is -2.32. The molecule has 1 saturated heterocycles. The second kappa shape index (κ2) is 9.33. The molecule has 27 heavy (non-hydrogen) atoms. The maximum absolute atomic E-state index is 12.3. The zero-order valence-corrected chi connectivity index (χ0v) is 15.8. The van der Waals surface area contributed by atoms with Gasteiger partial charge in [0.25, 0.3) is 0 Å². The first-order chi connectivity index (χ1) is 13.1. The highest BCUT2D eigenvalue weighted by atomic mass is 16.2. The number of hydrogen-bond donors (Lipinski definition) is 1. The van der Waals surface area contributed by atoms with Gasteiger partial charge in [0.2, 0.25) is 0 Å². The van der Waals surface area contributed by atoms with E-state index < -0.39 is 11.8 Å². The molecule has 1 heterocycles. The van der Waals surface area contributed by atoms with Crippen LogP contribution in [0.1, 0.15) is 24.0 Å². The first kappa shape index (κ1) is 19.1. The van der Waals surface area contributed by atoms with Gasteiger partial charge in [-0.1, -0.05) is 60.7 Å². The van der Waals surface area contributed by atoms with Gasteiger partial charge in [0.15, 0.2) is 0 Å². The number of nitrogens with one attached hydrogen (secondary N) is 1. The Morgan fingerprint density at radius 1 is 0.963 bits per heavy atom. The SMILES string of the molecule is CN(Cc1ccccc1)C(=O)C(=O)NC1CCN(Cc2ccccc2)CC1. The Bertz CT molecular complexity index is 741. The summed E-state index contributed by atoms with van der Waals surface area (Å²) in [5.74, 6) is -0.986. The Hall–Kier alpha value is -2.66. The molecule has 2 aromatic rings. The molecule has 0 radical (unpaired) electrons. The van der Waals surface area contributed by atoms with Gasteiger partial charge in [0.05, 0.1) is 0 Å². The lowest BCUT2D eigenvalue weighted by Crippen LogP contribution is -2.49. The van der Waals surface area contributed by atoms with Crippen LogP contribution in [0.4, 0.5) is 0 Å². The Kier molecular flexibility index (Phi) is 6.60. The topological polar surface area (TPSA) is 52.7 Å². The molecule has 0 saturated carbocycles. The smallest absolute Gasteiger partial charge is 0.311 e. The molecule has 0 aliphatic carbocycles. The third-order valence-corrected chi connectivity index (χ3v) is 4.98. The fourth-order valence-electron chi connectivity index (χ4n) is 3.43. The molecule has 3 rings (SSSR count). The summed E-state index contributed by atoms with van der Waals surface area (Å²) in [4.78, 5) is 28.5. The maximum Gasteiger partial charge on any atom is 0.311 e. The molecule has 2 aromatic carbocycles. The number of carbonyl (C=O) groups is 2. The highest BCUT2D eigenvalue weighted by molar-refractivity contribution is 6.34. The monoisotopic (exact) mass is 365 g/mol. The zero-order chi connectivity index (χ0) is 19.1. The van der Waals surface area contributed by atoms with Crippen molar-refractivity contribution in [1.82, 2.24) is 15.1 Å². The van der Waals surface area contributed by atoms with E-state index in [0.717, 1.165) is 38.0 Å². The zero-order valence-electron chi connectivity index (χ0n) is 15.8. The van der Waals surface area contributed by atoms with Gasteiger partial charge in [0, 0.05) is 39.3 Å². The molecular formula is C22H27N3O2. The van der Waals surface area contributed by atoms with Crippen molar-refractivity contribution in [2.24, 2.45) is 0 Å². The fraction of sp³-hybridized carbons (Fsp3) is 0.364. The van der Waals surface area contributed by atoms with Crippen LogP contribution in [0.15, 0.2) is 60.7 Å². The van der Waals surface area contributed by atoms with E-state index in [1.807, 2.05) is 36.4 Å². The van der Waals surface area contributed by atoms with Crippen molar-refractivity contribution in [1.29, 1.82) is 0 Å². The number of benzene rings is 2. The van der Waals surface area contributed by atoms with Gasteiger partial charge in [-0.05, 0) is 24.0 Å². The van der Waals surface area contributed by atoms with Gasteiger partial charge in [-0.15, -0.1) is 0 Å². The van der Waals surface area contributed by atoms with Crippen LogP contribution in [0, 0.1) is 0 Å². The molecule has 5 nitrogen and oxygen atoms in total. The van der Waals surface area contributed by atoms with Crippen LogP contribution in [0.3, 0.4) is 0 Å². The Balaban J connectivity index is 1.42. The third-order valence-electron chi connectivity index (χ3n) is 4.98. The average Bonchev–Trinajstić information content (AvgIpc) is 2.70. The summed E-state index contributed by atoms with van der Waals surface area (Å²) >= 11 is 0. The quantitative estimate of drug-likeness (QED) is 0.828. The summed E-state index contributed by atoms with van der Waals surface area (Å²) < 4.78 is 0. The van der Waals surface area contributed by atoms with Crippen LogP contribution in [-0.2, 0) is 22.7 Å². The summed E-state index contributed by atoms with van der Waals surface area (Å²) in [5.41, 5.74) is 2.31.